The number of halogens is 1. The molecule has 0 spiro atoms. The van der Waals surface area contributed by atoms with E-state index < -0.39 is 27.7 Å². The Morgan fingerprint density at radius 1 is 1.23 bits per heavy atom. The summed E-state index contributed by atoms with van der Waals surface area (Å²) in [6, 6.07) is 10.1. The van der Waals surface area contributed by atoms with Crippen LogP contribution in [0.4, 0.5) is 15.8 Å². The Kier molecular flexibility index (Phi) is 5.44. The first-order valence-corrected chi connectivity index (χ1v) is 10.9. The number of amides is 2. The minimum atomic E-state index is -3.89. The van der Waals surface area contributed by atoms with E-state index in [9.17, 15) is 22.4 Å². The number of hydrogen-bond donors (Lipinski definition) is 2. The lowest BCUT2D eigenvalue weighted by Crippen LogP contribution is -2.43. The van der Waals surface area contributed by atoms with E-state index in [2.05, 4.69) is 10.6 Å². The summed E-state index contributed by atoms with van der Waals surface area (Å²) in [5.41, 5.74) is 0.353. The van der Waals surface area contributed by atoms with Crippen LogP contribution in [0.5, 0.6) is 5.75 Å². The van der Waals surface area contributed by atoms with Crippen molar-refractivity contribution in [3.8, 4) is 5.75 Å². The van der Waals surface area contributed by atoms with Gasteiger partial charge in [-0.1, -0.05) is 12.1 Å². The van der Waals surface area contributed by atoms with Crippen LogP contribution in [0.15, 0.2) is 47.4 Å². The molecule has 4 rings (SSSR count). The molecule has 1 atom stereocenters. The average Bonchev–Trinajstić information content (AvgIpc) is 2.75. The van der Waals surface area contributed by atoms with E-state index in [4.69, 9.17) is 4.74 Å². The standard InChI is InChI=1S/C20H20FN3O5S/c21-15-5-1-2-6-16(15)23-20(26)13-4-3-9-24(11-13)30(27,28)14-7-8-18-17(10-14)22-19(25)12-29-18/h1-2,5-8,10,13H,3-4,9,11-12H2,(H,22,25)(H,23,26)/t13-/m0/s1. The maximum atomic E-state index is 13.8. The second-order valence-electron chi connectivity index (χ2n) is 7.17. The topological polar surface area (TPSA) is 105 Å². The van der Waals surface area contributed by atoms with E-state index in [0.29, 0.717) is 18.6 Å². The molecule has 0 aromatic heterocycles. The Bertz CT molecular complexity index is 1110. The molecule has 2 aliphatic rings. The van der Waals surface area contributed by atoms with Gasteiger partial charge in [-0.25, -0.2) is 12.8 Å². The van der Waals surface area contributed by atoms with Gasteiger partial charge in [0.05, 0.1) is 22.2 Å². The van der Waals surface area contributed by atoms with Crippen LogP contribution in [0.3, 0.4) is 0 Å². The van der Waals surface area contributed by atoms with E-state index in [1.165, 1.54) is 40.7 Å². The summed E-state index contributed by atoms with van der Waals surface area (Å²) in [5, 5.41) is 5.13. The molecule has 2 amide bonds. The molecule has 2 N–H and O–H groups in total. The van der Waals surface area contributed by atoms with Crippen LogP contribution < -0.4 is 15.4 Å². The van der Waals surface area contributed by atoms with Crippen molar-refractivity contribution in [3.63, 3.8) is 0 Å². The zero-order valence-corrected chi connectivity index (χ0v) is 16.7. The van der Waals surface area contributed by atoms with E-state index in [0.717, 1.165) is 0 Å². The Balaban J connectivity index is 1.51. The highest BCUT2D eigenvalue weighted by Crippen LogP contribution is 2.32. The number of hydrogen-bond acceptors (Lipinski definition) is 5. The highest BCUT2D eigenvalue weighted by molar-refractivity contribution is 7.89. The minimum Gasteiger partial charge on any atom is -0.482 e. The van der Waals surface area contributed by atoms with Gasteiger partial charge in [0.25, 0.3) is 5.91 Å². The van der Waals surface area contributed by atoms with Crippen LogP contribution in [-0.2, 0) is 19.6 Å². The predicted octanol–water partition coefficient (Wildman–Crippen LogP) is 2.20. The van der Waals surface area contributed by atoms with Crippen LogP contribution >= 0.6 is 0 Å². The number of nitrogens with zero attached hydrogens (tertiary/aromatic N) is 1. The summed E-state index contributed by atoms with van der Waals surface area (Å²) < 4.78 is 46.5. The first kappa shape index (κ1) is 20.3. The van der Waals surface area contributed by atoms with Crippen molar-refractivity contribution < 1.29 is 27.1 Å². The number of piperidine rings is 1. The number of para-hydroxylation sites is 1. The van der Waals surface area contributed by atoms with Gasteiger partial charge in [0.1, 0.15) is 11.6 Å². The summed E-state index contributed by atoms with van der Waals surface area (Å²) in [6.45, 7) is 0.137. The van der Waals surface area contributed by atoms with E-state index >= 15 is 0 Å². The molecule has 1 fully saturated rings. The first-order valence-electron chi connectivity index (χ1n) is 9.47. The maximum Gasteiger partial charge on any atom is 0.262 e. The molecule has 0 radical (unpaired) electrons. The van der Waals surface area contributed by atoms with Crippen molar-refractivity contribution in [2.45, 2.75) is 17.7 Å². The van der Waals surface area contributed by atoms with Crippen LogP contribution in [0.2, 0.25) is 0 Å². The molecule has 0 saturated carbocycles. The SMILES string of the molecule is O=C1COc2ccc(S(=O)(=O)N3CCC[C@H](C(=O)Nc4ccccc4F)C3)cc2N1. The number of carbonyl (C=O) groups excluding carboxylic acids is 2. The minimum absolute atomic E-state index is 0.00205. The quantitative estimate of drug-likeness (QED) is 0.769. The first-order chi connectivity index (χ1) is 14.3. The summed E-state index contributed by atoms with van der Waals surface area (Å²) in [4.78, 5) is 24.1. The number of rotatable bonds is 4. The van der Waals surface area contributed by atoms with Crippen molar-refractivity contribution >= 4 is 33.2 Å². The van der Waals surface area contributed by atoms with E-state index in [1.807, 2.05) is 0 Å². The molecule has 2 heterocycles. The lowest BCUT2D eigenvalue weighted by molar-refractivity contribution is -0.121. The molecular weight excluding hydrogens is 413 g/mol. The number of carbonyl (C=O) groups is 2. The van der Waals surface area contributed by atoms with Gasteiger partial charge in [-0.3, -0.25) is 9.59 Å². The van der Waals surface area contributed by atoms with Crippen molar-refractivity contribution in [1.29, 1.82) is 0 Å². The molecule has 2 aromatic rings. The molecule has 158 valence electrons. The third kappa shape index (κ3) is 4.01. The van der Waals surface area contributed by atoms with E-state index in [-0.39, 0.29) is 41.9 Å². The van der Waals surface area contributed by atoms with Crippen LogP contribution in [-0.4, -0.2) is 44.2 Å². The predicted molar refractivity (Wildman–Crippen MR) is 107 cm³/mol. The van der Waals surface area contributed by atoms with Crippen molar-refractivity contribution in [2.75, 3.05) is 30.3 Å². The van der Waals surface area contributed by atoms with Crippen LogP contribution in [0.25, 0.3) is 0 Å². The smallest absolute Gasteiger partial charge is 0.262 e. The number of nitrogens with one attached hydrogen (secondary N) is 2. The third-order valence-corrected chi connectivity index (χ3v) is 6.97. The molecule has 2 aromatic carbocycles. The normalized spacial score (nSPS) is 19.4. The highest BCUT2D eigenvalue weighted by atomic mass is 32.2. The lowest BCUT2D eigenvalue weighted by atomic mass is 9.98. The highest BCUT2D eigenvalue weighted by Gasteiger charge is 2.34. The molecular formula is C20H20FN3O5S. The molecule has 30 heavy (non-hydrogen) atoms. The number of ether oxygens (including phenoxy) is 1. The zero-order chi connectivity index (χ0) is 21.3. The van der Waals surface area contributed by atoms with Gasteiger partial charge in [0.15, 0.2) is 6.61 Å². The Labute approximate surface area is 173 Å². The summed E-state index contributed by atoms with van der Waals surface area (Å²) in [6.07, 6.45) is 1.000. The fourth-order valence-electron chi connectivity index (χ4n) is 3.54. The monoisotopic (exact) mass is 433 g/mol. The van der Waals surface area contributed by atoms with Crippen molar-refractivity contribution in [3.05, 3.63) is 48.3 Å². The average molecular weight is 433 g/mol. The lowest BCUT2D eigenvalue weighted by Gasteiger charge is -2.31. The van der Waals surface area contributed by atoms with Crippen molar-refractivity contribution in [2.24, 2.45) is 5.92 Å². The third-order valence-electron chi connectivity index (χ3n) is 5.11. The summed E-state index contributed by atoms with van der Waals surface area (Å²) in [5.74, 6) is -1.54. The van der Waals surface area contributed by atoms with Gasteiger partial charge in [0, 0.05) is 13.1 Å². The Morgan fingerprint density at radius 3 is 2.83 bits per heavy atom. The fourth-order valence-corrected chi connectivity index (χ4v) is 5.09. The van der Waals surface area contributed by atoms with E-state index in [1.54, 1.807) is 6.07 Å². The van der Waals surface area contributed by atoms with Crippen molar-refractivity contribution in [1.82, 2.24) is 4.31 Å². The number of anilines is 2. The largest absolute Gasteiger partial charge is 0.482 e. The van der Waals surface area contributed by atoms with Crippen LogP contribution in [0.1, 0.15) is 12.8 Å². The molecule has 0 aliphatic carbocycles. The van der Waals surface area contributed by atoms with Gasteiger partial charge in [-0.15, -0.1) is 0 Å². The number of sulfonamides is 1. The van der Waals surface area contributed by atoms with Gasteiger partial charge in [0.2, 0.25) is 15.9 Å². The Morgan fingerprint density at radius 2 is 2.03 bits per heavy atom. The molecule has 0 bridgehead atoms. The number of benzene rings is 2. The fraction of sp³-hybridized carbons (Fsp3) is 0.300. The van der Waals surface area contributed by atoms with Gasteiger partial charge in [-0.2, -0.15) is 4.31 Å². The second kappa shape index (κ2) is 8.04. The van der Waals surface area contributed by atoms with Crippen LogP contribution in [0, 0.1) is 11.7 Å². The van der Waals surface area contributed by atoms with Gasteiger partial charge >= 0.3 is 0 Å². The maximum absolute atomic E-state index is 13.8. The Hall–Kier alpha value is -2.98. The molecule has 8 nitrogen and oxygen atoms in total. The molecule has 0 unspecified atom stereocenters. The summed E-state index contributed by atoms with van der Waals surface area (Å²) >= 11 is 0. The van der Waals surface area contributed by atoms with Gasteiger partial charge in [-0.05, 0) is 43.2 Å². The summed E-state index contributed by atoms with van der Waals surface area (Å²) in [7, 11) is -3.89. The molecule has 2 aliphatic heterocycles. The second-order valence-corrected chi connectivity index (χ2v) is 9.10. The molecule has 1 saturated heterocycles. The zero-order valence-electron chi connectivity index (χ0n) is 15.9. The number of fused-ring (bicyclic) bond motifs is 1. The van der Waals surface area contributed by atoms with Gasteiger partial charge < -0.3 is 15.4 Å². The molecule has 10 heteroatoms.